The van der Waals surface area contributed by atoms with Gasteiger partial charge >= 0.3 is 0 Å². The lowest BCUT2D eigenvalue weighted by Gasteiger charge is -2.30. The first kappa shape index (κ1) is 18.3. The van der Waals surface area contributed by atoms with E-state index in [-0.39, 0.29) is 0 Å². The maximum Gasteiger partial charge on any atom is 0.191 e. The number of ether oxygens (including phenoxy) is 1. The number of nitrogens with zero attached hydrogens (tertiary/aromatic N) is 1. The van der Waals surface area contributed by atoms with E-state index in [1.165, 1.54) is 30.6 Å². The summed E-state index contributed by atoms with van der Waals surface area (Å²) in [6, 6.07) is 4.22. The van der Waals surface area contributed by atoms with E-state index in [4.69, 9.17) is 9.73 Å². The van der Waals surface area contributed by atoms with E-state index in [0.717, 1.165) is 45.2 Å². The first-order valence-electron chi connectivity index (χ1n) is 8.90. The molecule has 5 heteroatoms. The Bertz CT molecular complexity index is 453. The van der Waals surface area contributed by atoms with Gasteiger partial charge in [-0.2, -0.15) is 0 Å². The molecule has 0 spiro atoms. The molecule has 2 rings (SSSR count). The predicted octanol–water partition coefficient (Wildman–Crippen LogP) is 3.79. The molecule has 4 nitrogen and oxygen atoms in total. The molecule has 1 heterocycles. The molecule has 0 aliphatic heterocycles. The van der Waals surface area contributed by atoms with Crippen LogP contribution in [0.1, 0.15) is 50.8 Å². The zero-order chi connectivity index (χ0) is 16.4. The van der Waals surface area contributed by atoms with Crippen molar-refractivity contribution in [1.82, 2.24) is 10.6 Å². The van der Waals surface area contributed by atoms with Gasteiger partial charge in [0.2, 0.25) is 0 Å². The molecule has 23 heavy (non-hydrogen) atoms. The SMILES string of the molecule is CCNC(=NCc1cccs1)NCC1(CCOCC)CCCC1. The normalized spacial score (nSPS) is 17.4. The quantitative estimate of drug-likeness (QED) is 0.409. The van der Waals surface area contributed by atoms with E-state index in [9.17, 15) is 0 Å². The molecular formula is C18H31N3OS. The smallest absolute Gasteiger partial charge is 0.191 e. The highest BCUT2D eigenvalue weighted by Crippen LogP contribution is 2.40. The van der Waals surface area contributed by atoms with Crippen molar-refractivity contribution in [2.75, 3.05) is 26.3 Å². The molecule has 0 unspecified atom stereocenters. The number of guanidine groups is 1. The topological polar surface area (TPSA) is 45.7 Å². The molecule has 0 atom stereocenters. The summed E-state index contributed by atoms with van der Waals surface area (Å²) in [6.07, 6.45) is 6.44. The van der Waals surface area contributed by atoms with Gasteiger partial charge in [-0.05, 0) is 50.0 Å². The van der Waals surface area contributed by atoms with Gasteiger partial charge in [0.1, 0.15) is 0 Å². The number of aliphatic imine (C=N–C) groups is 1. The molecule has 0 amide bonds. The summed E-state index contributed by atoms with van der Waals surface area (Å²) < 4.78 is 5.60. The van der Waals surface area contributed by atoms with E-state index in [1.807, 2.05) is 0 Å². The van der Waals surface area contributed by atoms with Crippen LogP contribution in [0.15, 0.2) is 22.5 Å². The van der Waals surface area contributed by atoms with Gasteiger partial charge < -0.3 is 15.4 Å². The summed E-state index contributed by atoms with van der Waals surface area (Å²) in [6.45, 7) is 8.51. The second kappa shape index (κ2) is 9.93. The fourth-order valence-corrected chi connectivity index (χ4v) is 3.87. The van der Waals surface area contributed by atoms with Gasteiger partial charge in [0.15, 0.2) is 5.96 Å². The Balaban J connectivity index is 1.88. The molecule has 1 fully saturated rings. The fourth-order valence-electron chi connectivity index (χ4n) is 3.25. The van der Waals surface area contributed by atoms with Crippen molar-refractivity contribution in [2.45, 2.75) is 52.5 Å². The lowest BCUT2D eigenvalue weighted by Crippen LogP contribution is -2.43. The Morgan fingerprint density at radius 2 is 2.13 bits per heavy atom. The highest BCUT2D eigenvalue weighted by atomic mass is 32.1. The van der Waals surface area contributed by atoms with Gasteiger partial charge in [0.05, 0.1) is 6.54 Å². The Morgan fingerprint density at radius 3 is 2.78 bits per heavy atom. The van der Waals surface area contributed by atoms with Gasteiger partial charge in [-0.15, -0.1) is 11.3 Å². The Kier molecular flexibility index (Phi) is 7.89. The summed E-state index contributed by atoms with van der Waals surface area (Å²) in [4.78, 5) is 6.02. The van der Waals surface area contributed by atoms with Crippen LogP contribution in [-0.4, -0.2) is 32.3 Å². The number of hydrogen-bond donors (Lipinski definition) is 2. The number of hydrogen-bond acceptors (Lipinski definition) is 3. The van der Waals surface area contributed by atoms with Crippen molar-refractivity contribution < 1.29 is 4.74 Å². The van der Waals surface area contributed by atoms with Crippen LogP contribution in [0, 0.1) is 5.41 Å². The van der Waals surface area contributed by atoms with Crippen LogP contribution in [0.2, 0.25) is 0 Å². The number of rotatable bonds is 9. The third-order valence-corrected chi connectivity index (χ3v) is 5.45. The summed E-state index contributed by atoms with van der Waals surface area (Å²) in [5.74, 6) is 0.934. The highest BCUT2D eigenvalue weighted by molar-refractivity contribution is 7.09. The Hall–Kier alpha value is -1.07. The van der Waals surface area contributed by atoms with Crippen molar-refractivity contribution >= 4 is 17.3 Å². The van der Waals surface area contributed by atoms with Crippen LogP contribution in [0.3, 0.4) is 0 Å². The third kappa shape index (κ3) is 6.15. The van der Waals surface area contributed by atoms with Crippen molar-refractivity contribution in [3.63, 3.8) is 0 Å². The monoisotopic (exact) mass is 337 g/mol. The van der Waals surface area contributed by atoms with E-state index in [0.29, 0.717) is 5.41 Å². The van der Waals surface area contributed by atoms with Crippen molar-refractivity contribution in [3.8, 4) is 0 Å². The largest absolute Gasteiger partial charge is 0.382 e. The second-order valence-corrected chi connectivity index (χ2v) is 7.31. The van der Waals surface area contributed by atoms with Gasteiger partial charge in [-0.1, -0.05) is 18.9 Å². The van der Waals surface area contributed by atoms with Gasteiger partial charge in [-0.3, -0.25) is 0 Å². The van der Waals surface area contributed by atoms with Crippen LogP contribution < -0.4 is 10.6 Å². The van der Waals surface area contributed by atoms with Crippen molar-refractivity contribution in [2.24, 2.45) is 10.4 Å². The standard InChI is InChI=1S/C18H31N3OS/c1-3-19-17(20-14-16-8-7-13-23-16)21-15-18(9-5-6-10-18)11-12-22-4-2/h7-8,13H,3-6,9-12,14-15H2,1-2H3,(H2,19,20,21). The minimum Gasteiger partial charge on any atom is -0.382 e. The third-order valence-electron chi connectivity index (χ3n) is 4.59. The van der Waals surface area contributed by atoms with E-state index >= 15 is 0 Å². The zero-order valence-corrected chi connectivity index (χ0v) is 15.4. The molecule has 2 N–H and O–H groups in total. The van der Waals surface area contributed by atoms with Crippen LogP contribution in [0.25, 0.3) is 0 Å². The molecular weight excluding hydrogens is 306 g/mol. The lowest BCUT2D eigenvalue weighted by molar-refractivity contribution is 0.105. The molecule has 1 aliphatic rings. The van der Waals surface area contributed by atoms with Crippen molar-refractivity contribution in [3.05, 3.63) is 22.4 Å². The molecule has 0 bridgehead atoms. The van der Waals surface area contributed by atoms with Crippen LogP contribution in [0.5, 0.6) is 0 Å². The molecule has 1 saturated carbocycles. The van der Waals surface area contributed by atoms with Gasteiger partial charge in [-0.25, -0.2) is 4.99 Å². The average molecular weight is 338 g/mol. The number of thiophene rings is 1. The maximum atomic E-state index is 5.60. The lowest BCUT2D eigenvalue weighted by atomic mass is 9.83. The molecule has 0 radical (unpaired) electrons. The zero-order valence-electron chi connectivity index (χ0n) is 14.6. The number of nitrogens with one attached hydrogen (secondary N) is 2. The minimum absolute atomic E-state index is 0.383. The summed E-state index contributed by atoms with van der Waals surface area (Å²) >= 11 is 1.76. The summed E-state index contributed by atoms with van der Waals surface area (Å²) in [7, 11) is 0. The summed E-state index contributed by atoms with van der Waals surface area (Å²) in [5, 5.41) is 9.05. The van der Waals surface area contributed by atoms with Crippen molar-refractivity contribution in [1.29, 1.82) is 0 Å². The van der Waals surface area contributed by atoms with Crippen LogP contribution in [0.4, 0.5) is 0 Å². The fraction of sp³-hybridized carbons (Fsp3) is 0.722. The Labute approximate surface area is 144 Å². The first-order valence-corrected chi connectivity index (χ1v) is 9.78. The van der Waals surface area contributed by atoms with Crippen LogP contribution >= 0.6 is 11.3 Å². The molecule has 1 aliphatic carbocycles. The minimum atomic E-state index is 0.383. The van der Waals surface area contributed by atoms with Crippen LogP contribution in [-0.2, 0) is 11.3 Å². The molecule has 0 aromatic carbocycles. The summed E-state index contributed by atoms with van der Waals surface area (Å²) in [5.41, 5.74) is 0.383. The second-order valence-electron chi connectivity index (χ2n) is 6.28. The molecule has 1 aromatic rings. The first-order chi connectivity index (χ1) is 11.3. The van der Waals surface area contributed by atoms with Gasteiger partial charge in [0.25, 0.3) is 0 Å². The van der Waals surface area contributed by atoms with Gasteiger partial charge in [0, 0.05) is 31.2 Å². The predicted molar refractivity (Wildman–Crippen MR) is 99.1 cm³/mol. The van der Waals surface area contributed by atoms with E-state index < -0.39 is 0 Å². The van der Waals surface area contributed by atoms with E-state index in [2.05, 4.69) is 42.0 Å². The molecule has 1 aromatic heterocycles. The molecule has 130 valence electrons. The highest BCUT2D eigenvalue weighted by Gasteiger charge is 2.33. The maximum absolute atomic E-state index is 5.60. The molecule has 0 saturated heterocycles. The Morgan fingerprint density at radius 1 is 1.30 bits per heavy atom. The van der Waals surface area contributed by atoms with E-state index in [1.54, 1.807) is 11.3 Å². The average Bonchev–Trinajstić information content (AvgIpc) is 3.23.